The highest BCUT2D eigenvalue weighted by molar-refractivity contribution is 14.1. The highest BCUT2D eigenvalue weighted by Crippen LogP contribution is 2.29. The van der Waals surface area contributed by atoms with E-state index in [2.05, 4.69) is 45.2 Å². The molecule has 1 rings (SSSR count). The summed E-state index contributed by atoms with van der Waals surface area (Å²) < 4.78 is 1.80. The van der Waals surface area contributed by atoms with E-state index in [0.717, 1.165) is 17.8 Å². The lowest BCUT2D eigenvalue weighted by molar-refractivity contribution is 0.948. The van der Waals surface area contributed by atoms with Gasteiger partial charge in [0, 0.05) is 19.6 Å². The minimum Gasteiger partial charge on any atom is -0.400 e. The Morgan fingerprint density at radius 2 is 2.10 bits per heavy atom. The van der Waals surface area contributed by atoms with E-state index in [1.807, 2.05) is 6.08 Å². The molecule has 0 spiro atoms. The third-order valence-corrected chi connectivity index (χ3v) is 4.73. The molecule has 0 aliphatic heterocycles. The van der Waals surface area contributed by atoms with E-state index in [9.17, 15) is 0 Å². The summed E-state index contributed by atoms with van der Waals surface area (Å²) in [6.45, 7) is 0. The molecule has 0 aromatic carbocycles. The molecule has 1 aliphatic rings. The molecule has 0 radical (unpaired) electrons. The van der Waals surface area contributed by atoms with Gasteiger partial charge < -0.3 is 11.5 Å². The Morgan fingerprint density at radius 3 is 2.60 bits per heavy atom. The van der Waals surface area contributed by atoms with Crippen molar-refractivity contribution in [3.05, 3.63) is 21.0 Å². The smallest absolute Gasteiger partial charge is 0.0513 e. The third-order valence-electron chi connectivity index (χ3n) is 1.36. The average molecular weight is 362 g/mol. The van der Waals surface area contributed by atoms with Crippen LogP contribution >= 0.6 is 45.2 Å². The van der Waals surface area contributed by atoms with Gasteiger partial charge in [0.05, 0.1) is 5.70 Å². The summed E-state index contributed by atoms with van der Waals surface area (Å²) in [7, 11) is 0. The van der Waals surface area contributed by atoms with Gasteiger partial charge in [-0.25, -0.2) is 0 Å². The number of hydrogen-bond donors (Lipinski definition) is 2. The normalized spacial score (nSPS) is 26.6. The third kappa shape index (κ3) is 1.77. The predicted molar refractivity (Wildman–Crippen MR) is 59.9 cm³/mol. The van der Waals surface area contributed by atoms with Crippen molar-refractivity contribution in [3.8, 4) is 0 Å². The summed E-state index contributed by atoms with van der Waals surface area (Å²) in [5.41, 5.74) is 12.8. The molecule has 4 heteroatoms. The van der Waals surface area contributed by atoms with E-state index < -0.39 is 0 Å². The van der Waals surface area contributed by atoms with Crippen molar-refractivity contribution < 1.29 is 0 Å². The minimum atomic E-state index is 0.519. The quantitative estimate of drug-likeness (QED) is 0.509. The van der Waals surface area contributed by atoms with E-state index in [1.165, 1.54) is 3.58 Å². The van der Waals surface area contributed by atoms with Gasteiger partial charge in [-0.15, -0.1) is 0 Å². The molecule has 0 aromatic heterocycles. The predicted octanol–water partition coefficient (Wildman–Crippen LogP) is 1.64. The van der Waals surface area contributed by atoms with Crippen molar-refractivity contribution in [2.45, 2.75) is 10.3 Å². The van der Waals surface area contributed by atoms with Gasteiger partial charge in [0.25, 0.3) is 0 Å². The van der Waals surface area contributed by atoms with E-state index in [1.54, 1.807) is 0 Å². The summed E-state index contributed by atoms with van der Waals surface area (Å²) in [6.07, 6.45) is 2.83. The molecule has 4 N–H and O–H groups in total. The zero-order chi connectivity index (χ0) is 7.72. The van der Waals surface area contributed by atoms with Crippen LogP contribution in [0.1, 0.15) is 6.42 Å². The largest absolute Gasteiger partial charge is 0.400 e. The molecule has 0 saturated carbocycles. The van der Waals surface area contributed by atoms with Crippen molar-refractivity contribution in [3.63, 3.8) is 0 Å². The minimum absolute atomic E-state index is 0.519. The first kappa shape index (κ1) is 8.63. The van der Waals surface area contributed by atoms with E-state index in [0.29, 0.717) is 3.92 Å². The summed E-state index contributed by atoms with van der Waals surface area (Å²) in [6, 6.07) is 0. The van der Waals surface area contributed by atoms with Crippen LogP contribution in [0.15, 0.2) is 21.0 Å². The molecule has 0 heterocycles. The average Bonchev–Trinajstić information content (AvgIpc) is 1.84. The van der Waals surface area contributed by atoms with Crippen LogP contribution in [0.25, 0.3) is 0 Å². The first-order valence-corrected chi connectivity index (χ1v) is 5.19. The maximum absolute atomic E-state index is 5.63. The fourth-order valence-electron chi connectivity index (χ4n) is 0.740. The molecule has 56 valence electrons. The molecule has 0 amide bonds. The second-order valence-electron chi connectivity index (χ2n) is 2.18. The Morgan fingerprint density at radius 1 is 1.50 bits per heavy atom. The van der Waals surface area contributed by atoms with Crippen LogP contribution in [0, 0.1) is 0 Å². The topological polar surface area (TPSA) is 52.0 Å². The number of alkyl halides is 1. The van der Waals surface area contributed by atoms with Crippen molar-refractivity contribution in [1.29, 1.82) is 0 Å². The van der Waals surface area contributed by atoms with Crippen LogP contribution in [-0.2, 0) is 0 Å². The van der Waals surface area contributed by atoms with Crippen molar-refractivity contribution in [2.75, 3.05) is 0 Å². The Labute approximate surface area is 87.4 Å². The second-order valence-corrected chi connectivity index (χ2v) is 4.93. The van der Waals surface area contributed by atoms with E-state index >= 15 is 0 Å². The van der Waals surface area contributed by atoms with Gasteiger partial charge in [0.2, 0.25) is 0 Å². The Kier molecular flexibility index (Phi) is 2.84. The molecule has 1 unspecified atom stereocenters. The van der Waals surface area contributed by atoms with Crippen molar-refractivity contribution in [1.82, 2.24) is 0 Å². The maximum Gasteiger partial charge on any atom is 0.0513 e. The molecular weight excluding hydrogens is 354 g/mol. The molecule has 1 aliphatic carbocycles. The lowest BCUT2D eigenvalue weighted by Crippen LogP contribution is -2.17. The Bertz CT molecular complexity index is 208. The second kappa shape index (κ2) is 3.29. The molecule has 10 heavy (non-hydrogen) atoms. The van der Waals surface area contributed by atoms with Gasteiger partial charge in [0.15, 0.2) is 0 Å². The van der Waals surface area contributed by atoms with E-state index in [-0.39, 0.29) is 0 Å². The molecule has 1 atom stereocenters. The molecule has 0 saturated heterocycles. The summed E-state index contributed by atoms with van der Waals surface area (Å²) in [5.74, 6) is 0. The monoisotopic (exact) mass is 362 g/mol. The van der Waals surface area contributed by atoms with Gasteiger partial charge in [-0.3, -0.25) is 0 Å². The summed E-state index contributed by atoms with van der Waals surface area (Å²) >= 11 is 4.65. The summed E-state index contributed by atoms with van der Waals surface area (Å²) in [4.78, 5) is 0. The highest BCUT2D eigenvalue weighted by Gasteiger charge is 2.15. The number of hydrogen-bond acceptors (Lipinski definition) is 2. The van der Waals surface area contributed by atoms with Crippen LogP contribution in [0.2, 0.25) is 0 Å². The molecule has 0 fully saturated rings. The summed E-state index contributed by atoms with van der Waals surface area (Å²) in [5, 5.41) is 0. The molecular formula is C6H8I2N2. The molecule has 0 aromatic rings. The number of rotatable bonds is 0. The van der Waals surface area contributed by atoms with Crippen LogP contribution in [0.3, 0.4) is 0 Å². The fraction of sp³-hybridized carbons (Fsp3) is 0.333. The van der Waals surface area contributed by atoms with E-state index in [4.69, 9.17) is 11.5 Å². The molecule has 0 bridgehead atoms. The maximum atomic E-state index is 5.63. The van der Waals surface area contributed by atoms with Gasteiger partial charge in [0.1, 0.15) is 0 Å². The van der Waals surface area contributed by atoms with Gasteiger partial charge >= 0.3 is 0 Å². The first-order valence-electron chi connectivity index (χ1n) is 2.86. The zero-order valence-electron chi connectivity index (χ0n) is 5.27. The first-order chi connectivity index (χ1) is 4.61. The lowest BCUT2D eigenvalue weighted by atomic mass is 10.1. The highest BCUT2D eigenvalue weighted by atomic mass is 127. The Balaban J connectivity index is 2.88. The lowest BCUT2D eigenvalue weighted by Gasteiger charge is -2.16. The Hall–Kier alpha value is 0.540. The number of nitrogens with two attached hydrogens (primary N) is 2. The number of halogens is 2. The van der Waals surface area contributed by atoms with Crippen LogP contribution in [0.4, 0.5) is 0 Å². The number of allylic oxidation sites excluding steroid dienone is 3. The van der Waals surface area contributed by atoms with Crippen molar-refractivity contribution >= 4 is 45.2 Å². The van der Waals surface area contributed by atoms with Crippen LogP contribution in [-0.4, -0.2) is 3.92 Å². The zero-order valence-corrected chi connectivity index (χ0v) is 9.59. The standard InChI is InChI=1S/C6H8I2N2/c7-3-1-5(9)6(10)2-4(3)8/h1,4H,2,9-10H2. The molecule has 2 nitrogen and oxygen atoms in total. The van der Waals surface area contributed by atoms with Gasteiger partial charge in [-0.05, 0) is 28.7 Å². The fourth-order valence-corrected chi connectivity index (χ4v) is 1.95. The van der Waals surface area contributed by atoms with Crippen molar-refractivity contribution in [2.24, 2.45) is 11.5 Å². The van der Waals surface area contributed by atoms with Crippen LogP contribution in [0.5, 0.6) is 0 Å². The SMILES string of the molecule is NC1=C(N)CC(I)C(I)=C1. The van der Waals surface area contributed by atoms with Gasteiger partial charge in [-0.2, -0.15) is 0 Å². The van der Waals surface area contributed by atoms with Crippen LogP contribution < -0.4 is 11.5 Å². The van der Waals surface area contributed by atoms with Gasteiger partial charge in [-0.1, -0.05) is 22.6 Å².